The van der Waals surface area contributed by atoms with E-state index in [4.69, 9.17) is 5.11 Å². The van der Waals surface area contributed by atoms with Crippen molar-refractivity contribution >= 4 is 38.7 Å². The van der Waals surface area contributed by atoms with E-state index < -0.39 is 5.97 Å². The van der Waals surface area contributed by atoms with Crippen molar-refractivity contribution in [3.63, 3.8) is 0 Å². The van der Waals surface area contributed by atoms with Crippen molar-refractivity contribution < 1.29 is 14.7 Å². The van der Waals surface area contributed by atoms with Crippen molar-refractivity contribution in [1.82, 2.24) is 9.88 Å². The number of hydrogen-bond donors (Lipinski definition) is 2. The number of amides is 1. The molecule has 1 amide bonds. The van der Waals surface area contributed by atoms with Crippen molar-refractivity contribution in [3.8, 4) is 0 Å². The van der Waals surface area contributed by atoms with E-state index in [2.05, 4.69) is 20.9 Å². The molecule has 22 heavy (non-hydrogen) atoms. The topological polar surface area (TPSA) is 73.4 Å². The number of halogens is 1. The largest absolute Gasteiger partial charge is 0.481 e. The molecule has 0 saturated carbocycles. The molecule has 2 N–H and O–H groups in total. The van der Waals surface area contributed by atoms with Gasteiger partial charge in [-0.2, -0.15) is 0 Å². The quantitative estimate of drug-likeness (QED) is 0.821. The van der Waals surface area contributed by atoms with Gasteiger partial charge in [0.1, 0.15) is 5.69 Å². The third kappa shape index (κ3) is 3.68. The molecule has 0 bridgehead atoms. The highest BCUT2D eigenvalue weighted by atomic mass is 79.9. The van der Waals surface area contributed by atoms with Crippen LogP contribution in [0, 0.1) is 5.92 Å². The second-order valence-electron chi connectivity index (χ2n) is 5.65. The minimum Gasteiger partial charge on any atom is -0.481 e. The molecule has 0 atom stereocenters. The first kappa shape index (κ1) is 16.5. The highest BCUT2D eigenvalue weighted by Crippen LogP contribution is 2.28. The number of aromatic nitrogens is 1. The Bertz CT molecular complexity index is 694. The molecule has 6 heteroatoms. The fourth-order valence-corrected chi connectivity index (χ4v) is 2.97. The Morgan fingerprint density at radius 1 is 1.32 bits per heavy atom. The van der Waals surface area contributed by atoms with E-state index in [-0.39, 0.29) is 24.8 Å². The molecule has 0 aliphatic carbocycles. The van der Waals surface area contributed by atoms with E-state index in [0.29, 0.717) is 12.2 Å². The summed E-state index contributed by atoms with van der Waals surface area (Å²) >= 11 is 3.47. The third-order valence-electron chi connectivity index (χ3n) is 3.32. The van der Waals surface area contributed by atoms with E-state index in [9.17, 15) is 9.59 Å². The number of fused-ring (bicyclic) bond motifs is 1. The number of carbonyl (C=O) groups excluding carboxylic acids is 1. The summed E-state index contributed by atoms with van der Waals surface area (Å²) in [5.41, 5.74) is 1.34. The van der Waals surface area contributed by atoms with Gasteiger partial charge in [-0.25, -0.2) is 0 Å². The highest BCUT2D eigenvalue weighted by Gasteiger charge is 2.22. The zero-order valence-corrected chi connectivity index (χ0v) is 14.2. The molecule has 1 aromatic heterocycles. The monoisotopic (exact) mass is 366 g/mol. The highest BCUT2D eigenvalue weighted by molar-refractivity contribution is 9.10. The summed E-state index contributed by atoms with van der Waals surface area (Å²) in [6.07, 6.45) is -0.0592. The van der Waals surface area contributed by atoms with Crippen molar-refractivity contribution in [2.75, 3.05) is 13.1 Å². The van der Waals surface area contributed by atoms with Gasteiger partial charge in [-0.3, -0.25) is 9.59 Å². The van der Waals surface area contributed by atoms with Gasteiger partial charge in [-0.05, 0) is 27.9 Å². The van der Waals surface area contributed by atoms with Gasteiger partial charge in [0.05, 0.1) is 10.9 Å². The number of aliphatic carboxylic acids is 1. The number of carboxylic acid groups (broad SMARTS) is 1. The van der Waals surface area contributed by atoms with Gasteiger partial charge >= 0.3 is 5.97 Å². The molecule has 0 radical (unpaired) electrons. The van der Waals surface area contributed by atoms with Gasteiger partial charge in [-0.15, -0.1) is 0 Å². The SMILES string of the molecule is CC(C)CN(CCC(=O)O)C(=O)c1[nH]c2ccccc2c1Br. The summed E-state index contributed by atoms with van der Waals surface area (Å²) in [6, 6.07) is 7.64. The van der Waals surface area contributed by atoms with Crippen molar-refractivity contribution in [2.45, 2.75) is 20.3 Å². The molecule has 0 aliphatic rings. The van der Waals surface area contributed by atoms with Crippen LogP contribution in [-0.2, 0) is 4.79 Å². The van der Waals surface area contributed by atoms with E-state index in [0.717, 1.165) is 15.4 Å². The number of carboxylic acids is 1. The number of hydrogen-bond acceptors (Lipinski definition) is 2. The first-order valence-electron chi connectivity index (χ1n) is 7.17. The Hall–Kier alpha value is -1.82. The van der Waals surface area contributed by atoms with Crippen LogP contribution in [0.3, 0.4) is 0 Å². The predicted molar refractivity (Wildman–Crippen MR) is 89.0 cm³/mol. The lowest BCUT2D eigenvalue weighted by molar-refractivity contribution is -0.137. The van der Waals surface area contributed by atoms with Crippen molar-refractivity contribution in [3.05, 3.63) is 34.4 Å². The van der Waals surface area contributed by atoms with E-state index in [1.54, 1.807) is 4.90 Å². The third-order valence-corrected chi connectivity index (χ3v) is 4.15. The minimum absolute atomic E-state index is 0.0592. The van der Waals surface area contributed by atoms with Crippen LogP contribution in [0.25, 0.3) is 10.9 Å². The van der Waals surface area contributed by atoms with Gasteiger partial charge < -0.3 is 15.0 Å². The Morgan fingerprint density at radius 2 is 2.00 bits per heavy atom. The summed E-state index contributed by atoms with van der Waals surface area (Å²) in [5.74, 6) is -0.823. The number of rotatable bonds is 6. The minimum atomic E-state index is -0.905. The van der Waals surface area contributed by atoms with Crippen LogP contribution in [0.5, 0.6) is 0 Å². The van der Waals surface area contributed by atoms with E-state index in [1.165, 1.54) is 0 Å². The first-order chi connectivity index (χ1) is 10.4. The standard InChI is InChI=1S/C16H19BrN2O3/c1-10(2)9-19(8-7-13(20)21)16(22)15-14(17)11-5-3-4-6-12(11)18-15/h3-6,10,18H,7-9H2,1-2H3,(H,20,21). The summed E-state index contributed by atoms with van der Waals surface area (Å²) in [5, 5.41) is 9.80. The molecule has 0 fully saturated rings. The summed E-state index contributed by atoms with van der Waals surface area (Å²) in [7, 11) is 0. The number of para-hydroxylation sites is 1. The molecule has 2 rings (SSSR count). The summed E-state index contributed by atoms with van der Waals surface area (Å²) in [6.45, 7) is 4.73. The summed E-state index contributed by atoms with van der Waals surface area (Å²) in [4.78, 5) is 28.3. The van der Waals surface area contributed by atoms with E-state index in [1.807, 2.05) is 38.1 Å². The van der Waals surface area contributed by atoms with Gasteiger partial charge in [0.25, 0.3) is 5.91 Å². The Kier molecular flexibility index (Phi) is 5.24. The lowest BCUT2D eigenvalue weighted by atomic mass is 10.2. The Labute approximate surface area is 137 Å². The predicted octanol–water partition coefficient (Wildman–Crippen LogP) is 3.50. The second kappa shape index (κ2) is 6.96. The van der Waals surface area contributed by atoms with Crippen molar-refractivity contribution in [1.29, 1.82) is 0 Å². The smallest absolute Gasteiger partial charge is 0.305 e. The number of nitrogens with zero attached hydrogens (tertiary/aromatic N) is 1. The molecule has 5 nitrogen and oxygen atoms in total. The lowest BCUT2D eigenvalue weighted by Gasteiger charge is -2.23. The number of benzene rings is 1. The molecule has 1 aromatic carbocycles. The fraction of sp³-hybridized carbons (Fsp3) is 0.375. The normalized spacial score (nSPS) is 11.1. The molecule has 0 aliphatic heterocycles. The zero-order valence-electron chi connectivity index (χ0n) is 12.6. The second-order valence-corrected chi connectivity index (χ2v) is 6.44. The zero-order chi connectivity index (χ0) is 16.3. The summed E-state index contributed by atoms with van der Waals surface area (Å²) < 4.78 is 0.720. The maximum Gasteiger partial charge on any atom is 0.305 e. The molecule has 118 valence electrons. The molecular formula is C16H19BrN2O3. The van der Waals surface area contributed by atoms with Crippen LogP contribution in [0.1, 0.15) is 30.8 Å². The van der Waals surface area contributed by atoms with E-state index >= 15 is 0 Å². The molecular weight excluding hydrogens is 348 g/mol. The molecule has 0 saturated heterocycles. The van der Waals surface area contributed by atoms with Crippen LogP contribution in [0.4, 0.5) is 0 Å². The van der Waals surface area contributed by atoms with Crippen LogP contribution < -0.4 is 0 Å². The molecule has 0 unspecified atom stereocenters. The van der Waals surface area contributed by atoms with Crippen LogP contribution >= 0.6 is 15.9 Å². The molecule has 0 spiro atoms. The number of H-pyrrole nitrogens is 1. The van der Waals surface area contributed by atoms with Gasteiger partial charge in [0.2, 0.25) is 0 Å². The maximum atomic E-state index is 12.8. The van der Waals surface area contributed by atoms with Crippen molar-refractivity contribution in [2.24, 2.45) is 5.92 Å². The lowest BCUT2D eigenvalue weighted by Crippen LogP contribution is -2.36. The average molecular weight is 367 g/mol. The van der Waals surface area contributed by atoms with Gasteiger partial charge in [-0.1, -0.05) is 32.0 Å². The number of aromatic amines is 1. The molecule has 1 heterocycles. The maximum absolute atomic E-state index is 12.8. The van der Waals surface area contributed by atoms with Crippen LogP contribution in [0.15, 0.2) is 28.7 Å². The van der Waals surface area contributed by atoms with Gasteiger partial charge in [0, 0.05) is 24.0 Å². The van der Waals surface area contributed by atoms with Crippen LogP contribution in [0.2, 0.25) is 0 Å². The number of carbonyl (C=O) groups is 2. The Morgan fingerprint density at radius 3 is 2.59 bits per heavy atom. The number of nitrogens with one attached hydrogen (secondary N) is 1. The van der Waals surface area contributed by atoms with Gasteiger partial charge in [0.15, 0.2) is 0 Å². The molecule has 2 aromatic rings. The Balaban J connectivity index is 2.31. The average Bonchev–Trinajstić information content (AvgIpc) is 2.80. The van der Waals surface area contributed by atoms with Crippen LogP contribution in [-0.4, -0.2) is 40.0 Å². The fourth-order valence-electron chi connectivity index (χ4n) is 2.36. The first-order valence-corrected chi connectivity index (χ1v) is 7.96.